The number of cyclic esters (lactones) is 1. The maximum atomic E-state index is 12.7. The highest BCUT2D eigenvalue weighted by molar-refractivity contribution is 7.92. The predicted molar refractivity (Wildman–Crippen MR) is 125 cm³/mol. The number of nitrogens with zero attached hydrogens (tertiary/aromatic N) is 1. The van der Waals surface area contributed by atoms with Gasteiger partial charge in [0.1, 0.15) is 6.61 Å². The number of nitrogens with one attached hydrogen (secondary N) is 1. The van der Waals surface area contributed by atoms with E-state index in [9.17, 15) is 18.0 Å². The quantitative estimate of drug-likeness (QED) is 0.534. The molecular formula is C25H22N2O5S. The minimum absolute atomic E-state index is 0.156. The van der Waals surface area contributed by atoms with Crippen molar-refractivity contribution in [2.45, 2.75) is 17.4 Å². The summed E-state index contributed by atoms with van der Waals surface area (Å²) in [5.74, 6) is -0.465. The monoisotopic (exact) mass is 462 g/mol. The molecule has 168 valence electrons. The summed E-state index contributed by atoms with van der Waals surface area (Å²) in [6, 6.07) is 23.9. The normalized spacial score (nSPS) is 16.1. The van der Waals surface area contributed by atoms with E-state index in [0.29, 0.717) is 17.7 Å². The van der Waals surface area contributed by atoms with E-state index >= 15 is 0 Å². The minimum Gasteiger partial charge on any atom is -0.447 e. The molecule has 2 amide bonds. The van der Waals surface area contributed by atoms with Gasteiger partial charge in [0.05, 0.1) is 10.9 Å². The first-order valence-electron chi connectivity index (χ1n) is 10.3. The topological polar surface area (TPSA) is 92.8 Å². The zero-order valence-electron chi connectivity index (χ0n) is 17.6. The van der Waals surface area contributed by atoms with E-state index in [1.807, 2.05) is 30.3 Å². The second-order valence-corrected chi connectivity index (χ2v) is 9.18. The van der Waals surface area contributed by atoms with Gasteiger partial charge in [0.2, 0.25) is 0 Å². The largest absolute Gasteiger partial charge is 0.447 e. The number of anilines is 1. The Kier molecular flexibility index (Phi) is 6.55. The summed E-state index contributed by atoms with van der Waals surface area (Å²) in [5, 5.41) is 0. The fourth-order valence-electron chi connectivity index (χ4n) is 3.49. The van der Waals surface area contributed by atoms with Gasteiger partial charge in [-0.2, -0.15) is 0 Å². The van der Waals surface area contributed by atoms with Crippen molar-refractivity contribution in [1.82, 2.24) is 4.90 Å². The van der Waals surface area contributed by atoms with Crippen LogP contribution >= 0.6 is 0 Å². The Morgan fingerprint density at radius 1 is 0.970 bits per heavy atom. The standard InChI is InChI=1S/C25H22N2O5S/c28-24(27-22(18-32-25(27)29)17-20-7-3-1-4-8-20)16-13-19-11-14-21(15-12-19)26-33(30,31)23-9-5-2-6-10-23/h1-16,22,26H,17-18H2/t22-/m0/s1. The Morgan fingerprint density at radius 3 is 2.27 bits per heavy atom. The molecule has 7 nitrogen and oxygen atoms in total. The first-order chi connectivity index (χ1) is 15.9. The fourth-order valence-corrected chi connectivity index (χ4v) is 4.57. The summed E-state index contributed by atoms with van der Waals surface area (Å²) in [6.07, 6.45) is 2.75. The molecule has 1 aliphatic heterocycles. The van der Waals surface area contributed by atoms with Crippen LogP contribution in [-0.4, -0.2) is 38.0 Å². The highest BCUT2D eigenvalue weighted by atomic mass is 32.2. The van der Waals surface area contributed by atoms with E-state index in [2.05, 4.69) is 4.72 Å². The van der Waals surface area contributed by atoms with Crippen LogP contribution in [0.1, 0.15) is 11.1 Å². The molecule has 0 aliphatic carbocycles. The van der Waals surface area contributed by atoms with Crippen LogP contribution in [0.5, 0.6) is 0 Å². The van der Waals surface area contributed by atoms with E-state index < -0.39 is 22.0 Å². The number of hydrogen-bond acceptors (Lipinski definition) is 5. The van der Waals surface area contributed by atoms with Gasteiger partial charge in [-0.25, -0.2) is 18.1 Å². The van der Waals surface area contributed by atoms with E-state index in [1.165, 1.54) is 18.2 Å². The lowest BCUT2D eigenvalue weighted by molar-refractivity contribution is -0.124. The molecule has 0 unspecified atom stereocenters. The summed E-state index contributed by atoms with van der Waals surface area (Å²) in [6.45, 7) is 0.156. The Labute approximate surface area is 192 Å². The van der Waals surface area contributed by atoms with Crippen LogP contribution in [-0.2, 0) is 26.0 Å². The number of imide groups is 1. The Hall–Kier alpha value is -3.91. The van der Waals surface area contributed by atoms with Gasteiger partial charge in [-0.05, 0) is 47.9 Å². The number of amides is 2. The number of sulfonamides is 1. The predicted octanol–water partition coefficient (Wildman–Crippen LogP) is 4.09. The zero-order chi connectivity index (χ0) is 23.3. The molecule has 0 saturated carbocycles. The maximum absolute atomic E-state index is 12.7. The molecule has 1 atom stereocenters. The summed E-state index contributed by atoms with van der Waals surface area (Å²) in [5.41, 5.74) is 2.09. The van der Waals surface area contributed by atoms with Crippen molar-refractivity contribution >= 4 is 33.8 Å². The zero-order valence-corrected chi connectivity index (χ0v) is 18.4. The van der Waals surface area contributed by atoms with Crippen LogP contribution in [0.4, 0.5) is 10.5 Å². The van der Waals surface area contributed by atoms with Crippen LogP contribution in [0.25, 0.3) is 6.08 Å². The number of ether oxygens (including phenoxy) is 1. The minimum atomic E-state index is -3.68. The van der Waals surface area contributed by atoms with E-state index in [4.69, 9.17) is 4.74 Å². The first kappa shape index (κ1) is 22.3. The van der Waals surface area contributed by atoms with E-state index in [0.717, 1.165) is 10.5 Å². The highest BCUT2D eigenvalue weighted by Crippen LogP contribution is 2.20. The molecule has 1 N–H and O–H groups in total. The summed E-state index contributed by atoms with van der Waals surface area (Å²) >= 11 is 0. The second-order valence-electron chi connectivity index (χ2n) is 7.50. The van der Waals surface area contributed by atoms with Gasteiger partial charge in [-0.15, -0.1) is 0 Å². The molecule has 1 saturated heterocycles. The molecule has 3 aromatic rings. The molecule has 0 bridgehead atoms. The van der Waals surface area contributed by atoms with Gasteiger partial charge in [0, 0.05) is 11.8 Å². The van der Waals surface area contributed by atoms with Crippen LogP contribution in [0.3, 0.4) is 0 Å². The average molecular weight is 463 g/mol. The number of carbonyl (C=O) groups is 2. The van der Waals surface area contributed by atoms with Gasteiger partial charge in [0.15, 0.2) is 0 Å². The molecule has 4 rings (SSSR count). The van der Waals surface area contributed by atoms with Crippen molar-refractivity contribution in [2.75, 3.05) is 11.3 Å². The number of carbonyl (C=O) groups excluding carboxylic acids is 2. The first-order valence-corrected chi connectivity index (χ1v) is 11.8. The van der Waals surface area contributed by atoms with Crippen molar-refractivity contribution in [1.29, 1.82) is 0 Å². The van der Waals surface area contributed by atoms with Gasteiger partial charge in [0.25, 0.3) is 15.9 Å². The molecule has 8 heteroatoms. The lowest BCUT2D eigenvalue weighted by Gasteiger charge is -2.18. The molecule has 3 aromatic carbocycles. The molecule has 1 aliphatic rings. The number of benzene rings is 3. The van der Waals surface area contributed by atoms with Crippen molar-refractivity contribution in [2.24, 2.45) is 0 Å². The van der Waals surface area contributed by atoms with Crippen LogP contribution in [0, 0.1) is 0 Å². The van der Waals surface area contributed by atoms with Crippen LogP contribution < -0.4 is 4.72 Å². The molecule has 0 radical (unpaired) electrons. The third-order valence-corrected chi connectivity index (χ3v) is 6.54. The van der Waals surface area contributed by atoms with E-state index in [-0.39, 0.29) is 17.5 Å². The number of hydrogen-bond donors (Lipinski definition) is 1. The summed E-state index contributed by atoms with van der Waals surface area (Å²) < 4.78 is 32.5. The SMILES string of the molecule is O=C(C=Cc1ccc(NS(=O)(=O)c2ccccc2)cc1)N1C(=O)OC[C@@H]1Cc1ccccc1. The third-order valence-electron chi connectivity index (χ3n) is 5.15. The highest BCUT2D eigenvalue weighted by Gasteiger charge is 2.36. The number of rotatable bonds is 7. The lowest BCUT2D eigenvalue weighted by atomic mass is 10.1. The fraction of sp³-hybridized carbons (Fsp3) is 0.120. The smallest absolute Gasteiger partial charge is 0.417 e. The second kappa shape index (κ2) is 9.70. The average Bonchev–Trinajstić information content (AvgIpc) is 3.19. The molecule has 1 heterocycles. The van der Waals surface area contributed by atoms with Gasteiger partial charge in [-0.3, -0.25) is 9.52 Å². The summed E-state index contributed by atoms with van der Waals surface area (Å²) in [4.78, 5) is 26.1. The Bertz CT molecular complexity index is 1260. The lowest BCUT2D eigenvalue weighted by Crippen LogP contribution is -2.39. The Morgan fingerprint density at radius 2 is 1.61 bits per heavy atom. The molecule has 0 aromatic heterocycles. The van der Waals surface area contributed by atoms with Gasteiger partial charge < -0.3 is 4.74 Å². The molecule has 33 heavy (non-hydrogen) atoms. The molecular weight excluding hydrogens is 440 g/mol. The third kappa shape index (κ3) is 5.48. The van der Waals surface area contributed by atoms with Crippen molar-refractivity contribution in [3.05, 3.63) is 102 Å². The van der Waals surface area contributed by atoms with E-state index in [1.54, 1.807) is 48.5 Å². The van der Waals surface area contributed by atoms with Crippen LogP contribution in [0.2, 0.25) is 0 Å². The molecule has 1 fully saturated rings. The van der Waals surface area contributed by atoms with Gasteiger partial charge in [-0.1, -0.05) is 60.7 Å². The van der Waals surface area contributed by atoms with Gasteiger partial charge >= 0.3 is 6.09 Å². The van der Waals surface area contributed by atoms with Crippen molar-refractivity contribution < 1.29 is 22.7 Å². The Balaban J connectivity index is 1.41. The van der Waals surface area contributed by atoms with Crippen molar-refractivity contribution in [3.63, 3.8) is 0 Å². The summed E-state index contributed by atoms with van der Waals surface area (Å²) in [7, 11) is -3.68. The van der Waals surface area contributed by atoms with Crippen molar-refractivity contribution in [3.8, 4) is 0 Å². The maximum Gasteiger partial charge on any atom is 0.417 e. The van der Waals surface area contributed by atoms with Crippen LogP contribution in [0.15, 0.2) is 95.9 Å². The molecule has 0 spiro atoms.